The maximum Gasteiger partial charge on any atom is 0.264 e. The van der Waals surface area contributed by atoms with Gasteiger partial charge >= 0.3 is 0 Å². The zero-order valence-electron chi connectivity index (χ0n) is 19.2. The second kappa shape index (κ2) is 9.63. The molecule has 0 saturated carbocycles. The molecular weight excluding hydrogens is 490 g/mol. The highest BCUT2D eigenvalue weighted by Gasteiger charge is 2.22. The SMILES string of the molecule is COc1ncc(-c2ccc3ncnc(N4CCNCC4)c3c2)cc1NS(=O)(=O)c1ccc(F)cc1F. The fourth-order valence-corrected chi connectivity index (χ4v) is 5.20. The van der Waals surface area contributed by atoms with Crippen molar-refractivity contribution in [1.82, 2.24) is 20.3 Å². The monoisotopic (exact) mass is 512 g/mol. The summed E-state index contributed by atoms with van der Waals surface area (Å²) in [4.78, 5) is 14.6. The number of sulfonamides is 1. The minimum atomic E-state index is -4.39. The van der Waals surface area contributed by atoms with Gasteiger partial charge in [0.1, 0.15) is 34.4 Å². The van der Waals surface area contributed by atoms with Crippen LogP contribution >= 0.6 is 0 Å². The molecule has 186 valence electrons. The van der Waals surface area contributed by atoms with Crippen LogP contribution in [0, 0.1) is 11.6 Å². The summed E-state index contributed by atoms with van der Waals surface area (Å²) in [6.07, 6.45) is 3.08. The zero-order chi connectivity index (χ0) is 25.3. The summed E-state index contributed by atoms with van der Waals surface area (Å²) >= 11 is 0. The lowest BCUT2D eigenvalue weighted by atomic mass is 10.0. The predicted octanol–water partition coefficient (Wildman–Crippen LogP) is 3.19. The van der Waals surface area contributed by atoms with E-state index in [1.165, 1.54) is 13.4 Å². The molecule has 4 aromatic rings. The molecule has 1 aliphatic heterocycles. The summed E-state index contributed by atoms with van der Waals surface area (Å²) in [6.45, 7) is 3.33. The van der Waals surface area contributed by atoms with Gasteiger partial charge in [-0.15, -0.1) is 0 Å². The van der Waals surface area contributed by atoms with Crippen molar-refractivity contribution < 1.29 is 21.9 Å². The number of pyridine rings is 1. The first-order valence-electron chi connectivity index (χ1n) is 11.1. The van der Waals surface area contributed by atoms with E-state index in [1.54, 1.807) is 12.3 Å². The van der Waals surface area contributed by atoms with E-state index < -0.39 is 26.6 Å². The van der Waals surface area contributed by atoms with Gasteiger partial charge in [-0.25, -0.2) is 32.2 Å². The number of hydrogen-bond acceptors (Lipinski definition) is 8. The highest BCUT2D eigenvalue weighted by molar-refractivity contribution is 7.92. The van der Waals surface area contributed by atoms with Crippen LogP contribution in [0.15, 0.2) is 59.9 Å². The fourth-order valence-electron chi connectivity index (χ4n) is 4.09. The molecule has 0 aliphatic carbocycles. The van der Waals surface area contributed by atoms with Crippen molar-refractivity contribution in [2.45, 2.75) is 4.90 Å². The Morgan fingerprint density at radius 3 is 2.56 bits per heavy atom. The number of methoxy groups -OCH3 is 1. The predicted molar refractivity (Wildman–Crippen MR) is 132 cm³/mol. The van der Waals surface area contributed by atoms with Crippen LogP contribution in [0.5, 0.6) is 5.88 Å². The lowest BCUT2D eigenvalue weighted by Gasteiger charge is -2.29. The van der Waals surface area contributed by atoms with Gasteiger partial charge < -0.3 is 15.0 Å². The average Bonchev–Trinajstić information content (AvgIpc) is 2.88. The van der Waals surface area contributed by atoms with Gasteiger partial charge in [-0.3, -0.25) is 4.72 Å². The molecule has 9 nitrogen and oxygen atoms in total. The maximum atomic E-state index is 14.2. The third kappa shape index (κ3) is 4.64. The van der Waals surface area contributed by atoms with Crippen LogP contribution in [0.25, 0.3) is 22.0 Å². The van der Waals surface area contributed by atoms with Crippen molar-refractivity contribution in [2.75, 3.05) is 42.9 Å². The van der Waals surface area contributed by atoms with Crippen molar-refractivity contribution in [3.63, 3.8) is 0 Å². The molecule has 5 rings (SSSR count). The lowest BCUT2D eigenvalue weighted by molar-refractivity contribution is 0.400. The average molecular weight is 513 g/mol. The number of nitrogens with zero attached hydrogens (tertiary/aromatic N) is 4. The topological polar surface area (TPSA) is 109 Å². The molecule has 0 bridgehead atoms. The highest BCUT2D eigenvalue weighted by Crippen LogP contribution is 2.33. The molecule has 1 saturated heterocycles. The van der Waals surface area contributed by atoms with E-state index in [4.69, 9.17) is 4.74 Å². The minimum absolute atomic E-state index is 0.00419. The van der Waals surface area contributed by atoms with Gasteiger partial charge in [0.05, 0.1) is 12.6 Å². The first kappa shape index (κ1) is 23.8. The van der Waals surface area contributed by atoms with E-state index >= 15 is 0 Å². The van der Waals surface area contributed by atoms with Crippen LogP contribution in [0.3, 0.4) is 0 Å². The highest BCUT2D eigenvalue weighted by atomic mass is 32.2. The first-order valence-corrected chi connectivity index (χ1v) is 12.6. The molecule has 1 aliphatic rings. The summed E-state index contributed by atoms with van der Waals surface area (Å²) in [6, 6.07) is 9.41. The number of benzene rings is 2. The van der Waals surface area contributed by atoms with Gasteiger partial charge in [0.25, 0.3) is 10.0 Å². The summed E-state index contributed by atoms with van der Waals surface area (Å²) in [5, 5.41) is 4.17. The number of aromatic nitrogens is 3. The van der Waals surface area contributed by atoms with Crippen LogP contribution in [-0.2, 0) is 10.0 Å². The van der Waals surface area contributed by atoms with Crippen LogP contribution in [0.2, 0.25) is 0 Å². The van der Waals surface area contributed by atoms with Crippen LogP contribution in [0.4, 0.5) is 20.3 Å². The second-order valence-electron chi connectivity index (χ2n) is 8.13. The van der Waals surface area contributed by atoms with Gasteiger partial charge in [-0.2, -0.15) is 0 Å². The summed E-state index contributed by atoms with van der Waals surface area (Å²) in [5.41, 5.74) is 2.12. The number of anilines is 2. The van der Waals surface area contributed by atoms with Crippen LogP contribution < -0.4 is 19.7 Å². The summed E-state index contributed by atoms with van der Waals surface area (Å²) in [5.74, 6) is -1.28. The van der Waals surface area contributed by atoms with Crippen molar-refractivity contribution >= 4 is 32.4 Å². The number of piperazine rings is 1. The molecule has 3 heterocycles. The van der Waals surface area contributed by atoms with Crippen molar-refractivity contribution in [3.8, 4) is 17.0 Å². The zero-order valence-corrected chi connectivity index (χ0v) is 20.0. The molecule has 36 heavy (non-hydrogen) atoms. The Kier molecular flexibility index (Phi) is 6.37. The number of hydrogen-bond donors (Lipinski definition) is 2. The van der Waals surface area contributed by atoms with Crippen LogP contribution in [0.1, 0.15) is 0 Å². The molecule has 0 radical (unpaired) electrons. The molecule has 0 atom stereocenters. The summed E-state index contributed by atoms with van der Waals surface area (Å²) < 4.78 is 60.7. The maximum absolute atomic E-state index is 14.2. The molecule has 2 N–H and O–H groups in total. The standard InChI is InChI=1S/C24H22F2N6O3S/c1-35-24-21(31-36(33,34)22-5-3-17(25)12-19(22)26)11-16(13-28-24)15-2-4-20-18(10-15)23(30-14-29-20)32-8-6-27-7-9-32/h2-5,10-14,27,31H,6-9H2,1H3. The molecule has 12 heteroatoms. The number of rotatable bonds is 6. The van der Waals surface area contributed by atoms with E-state index in [-0.39, 0.29) is 11.6 Å². The largest absolute Gasteiger partial charge is 0.480 e. The minimum Gasteiger partial charge on any atom is -0.480 e. The molecular formula is C24H22F2N6O3S. The third-order valence-corrected chi connectivity index (χ3v) is 7.24. The Labute approximate surface area is 206 Å². The quantitative estimate of drug-likeness (QED) is 0.406. The Morgan fingerprint density at radius 1 is 1.00 bits per heavy atom. The molecule has 0 spiro atoms. The van der Waals surface area contributed by atoms with Crippen molar-refractivity contribution in [3.05, 3.63) is 66.6 Å². The summed E-state index contributed by atoms with van der Waals surface area (Å²) in [7, 11) is -3.05. The van der Waals surface area contributed by atoms with E-state index in [1.807, 2.05) is 18.2 Å². The fraction of sp³-hybridized carbons (Fsp3) is 0.208. The Balaban J connectivity index is 1.54. The Bertz CT molecular complexity index is 1540. The first-order chi connectivity index (χ1) is 17.4. The van der Waals surface area contributed by atoms with Gasteiger partial charge in [0.15, 0.2) is 0 Å². The van der Waals surface area contributed by atoms with E-state index in [9.17, 15) is 17.2 Å². The van der Waals surface area contributed by atoms with E-state index in [0.717, 1.165) is 60.6 Å². The molecule has 1 fully saturated rings. The van der Waals surface area contributed by atoms with Gasteiger partial charge in [-0.1, -0.05) is 6.07 Å². The van der Waals surface area contributed by atoms with Crippen molar-refractivity contribution in [2.24, 2.45) is 0 Å². The van der Waals surface area contributed by atoms with Gasteiger partial charge in [0, 0.05) is 49.4 Å². The Morgan fingerprint density at radius 2 is 1.81 bits per heavy atom. The molecule has 2 aromatic heterocycles. The number of fused-ring (bicyclic) bond motifs is 1. The normalized spacial score (nSPS) is 14.1. The molecule has 2 aromatic carbocycles. The lowest BCUT2D eigenvalue weighted by Crippen LogP contribution is -2.44. The van der Waals surface area contributed by atoms with Gasteiger partial charge in [-0.05, 0) is 35.9 Å². The second-order valence-corrected chi connectivity index (χ2v) is 9.78. The molecule has 0 amide bonds. The Hall–Kier alpha value is -3.90. The molecule has 0 unspecified atom stereocenters. The third-order valence-electron chi connectivity index (χ3n) is 5.84. The van der Waals surface area contributed by atoms with E-state index in [0.29, 0.717) is 11.6 Å². The van der Waals surface area contributed by atoms with Crippen LogP contribution in [-0.4, -0.2) is 56.7 Å². The van der Waals surface area contributed by atoms with E-state index in [2.05, 4.69) is 29.9 Å². The number of ether oxygens (including phenoxy) is 1. The van der Waals surface area contributed by atoms with Crippen molar-refractivity contribution in [1.29, 1.82) is 0 Å². The number of halogens is 2. The van der Waals surface area contributed by atoms with Gasteiger partial charge in [0.2, 0.25) is 5.88 Å². The number of nitrogens with one attached hydrogen (secondary N) is 2. The smallest absolute Gasteiger partial charge is 0.264 e.